The van der Waals surface area contributed by atoms with Crippen LogP contribution in [0.3, 0.4) is 0 Å². The fourth-order valence-corrected chi connectivity index (χ4v) is 1.06. The van der Waals surface area contributed by atoms with Gasteiger partial charge in [-0.3, -0.25) is 0 Å². The van der Waals surface area contributed by atoms with E-state index in [1.807, 2.05) is 19.9 Å². The monoisotopic (exact) mass is 158 g/mol. The fraction of sp³-hybridized carbons (Fsp3) is 0.750. The molecule has 3 nitrogen and oxygen atoms in total. The van der Waals surface area contributed by atoms with Gasteiger partial charge in [-0.2, -0.15) is 0 Å². The van der Waals surface area contributed by atoms with Gasteiger partial charge in [0, 0.05) is 0 Å². The van der Waals surface area contributed by atoms with Gasteiger partial charge in [-0.1, -0.05) is 0 Å². The molecule has 0 aromatic heterocycles. The van der Waals surface area contributed by atoms with Crippen LogP contribution in [0, 0.1) is 0 Å². The van der Waals surface area contributed by atoms with Gasteiger partial charge in [0.1, 0.15) is 0 Å². The van der Waals surface area contributed by atoms with Crippen LogP contribution in [0.5, 0.6) is 0 Å². The molecule has 1 aliphatic heterocycles. The predicted octanol–water partition coefficient (Wildman–Crippen LogP) is 1.65. The second-order valence-corrected chi connectivity index (χ2v) is 2.24. The Morgan fingerprint density at radius 3 is 2.36 bits per heavy atom. The molecule has 0 saturated carbocycles. The first-order valence-corrected chi connectivity index (χ1v) is 3.93. The number of hydrogen-bond acceptors (Lipinski definition) is 3. The Hall–Kier alpha value is -0.540. The lowest BCUT2D eigenvalue weighted by Crippen LogP contribution is -2.35. The third kappa shape index (κ3) is 1.94. The maximum Gasteiger partial charge on any atom is 0.330 e. The minimum atomic E-state index is -0.816. The van der Waals surface area contributed by atoms with Crippen molar-refractivity contribution in [2.24, 2.45) is 0 Å². The van der Waals surface area contributed by atoms with Crippen LogP contribution in [0.4, 0.5) is 0 Å². The van der Waals surface area contributed by atoms with Crippen molar-refractivity contribution >= 4 is 0 Å². The zero-order valence-electron chi connectivity index (χ0n) is 7.00. The lowest BCUT2D eigenvalue weighted by atomic mass is 10.4. The molecule has 0 aromatic rings. The first-order chi connectivity index (χ1) is 5.33. The fourth-order valence-electron chi connectivity index (χ4n) is 1.06. The third-order valence-corrected chi connectivity index (χ3v) is 1.44. The maximum atomic E-state index is 5.32. The Morgan fingerprint density at radius 2 is 2.00 bits per heavy atom. The molecule has 0 fully saturated rings. The lowest BCUT2D eigenvalue weighted by molar-refractivity contribution is -0.348. The van der Waals surface area contributed by atoms with Crippen molar-refractivity contribution in [1.82, 2.24) is 0 Å². The SMILES string of the molecule is CCOC1(OCC)CC=CO1. The summed E-state index contributed by atoms with van der Waals surface area (Å²) < 4.78 is 15.8. The van der Waals surface area contributed by atoms with Gasteiger partial charge in [0.15, 0.2) is 0 Å². The summed E-state index contributed by atoms with van der Waals surface area (Å²) in [5.41, 5.74) is 0. The molecule has 0 bridgehead atoms. The highest BCUT2D eigenvalue weighted by molar-refractivity contribution is 4.87. The largest absolute Gasteiger partial charge is 0.447 e. The van der Waals surface area contributed by atoms with Crippen LogP contribution >= 0.6 is 0 Å². The van der Waals surface area contributed by atoms with E-state index >= 15 is 0 Å². The van der Waals surface area contributed by atoms with E-state index in [-0.39, 0.29) is 0 Å². The molecule has 0 saturated heterocycles. The molecule has 1 heterocycles. The van der Waals surface area contributed by atoms with Crippen LogP contribution < -0.4 is 0 Å². The molecule has 0 aliphatic carbocycles. The standard InChI is InChI=1S/C8H14O3/c1-3-9-8(10-4-2)6-5-7-11-8/h5,7H,3-4,6H2,1-2H3. The molecule has 11 heavy (non-hydrogen) atoms. The molecule has 64 valence electrons. The van der Waals surface area contributed by atoms with Crippen LogP contribution in [0.1, 0.15) is 20.3 Å². The topological polar surface area (TPSA) is 27.7 Å². The summed E-state index contributed by atoms with van der Waals surface area (Å²) in [5, 5.41) is 0. The van der Waals surface area contributed by atoms with Gasteiger partial charge in [0.25, 0.3) is 0 Å². The molecule has 1 aliphatic rings. The maximum absolute atomic E-state index is 5.32. The second kappa shape index (κ2) is 3.74. The van der Waals surface area contributed by atoms with Crippen molar-refractivity contribution in [3.05, 3.63) is 12.3 Å². The van der Waals surface area contributed by atoms with Gasteiger partial charge in [0.2, 0.25) is 0 Å². The van der Waals surface area contributed by atoms with Crippen LogP contribution in [0.25, 0.3) is 0 Å². The van der Waals surface area contributed by atoms with E-state index in [1.54, 1.807) is 6.26 Å². The summed E-state index contributed by atoms with van der Waals surface area (Å²) in [5.74, 6) is -0.816. The van der Waals surface area contributed by atoms with Crippen molar-refractivity contribution in [2.75, 3.05) is 13.2 Å². The second-order valence-electron chi connectivity index (χ2n) is 2.24. The van der Waals surface area contributed by atoms with Crippen molar-refractivity contribution < 1.29 is 14.2 Å². The Kier molecular flexibility index (Phi) is 2.91. The molecule has 1 rings (SSSR count). The van der Waals surface area contributed by atoms with Crippen molar-refractivity contribution in [2.45, 2.75) is 26.2 Å². The van der Waals surface area contributed by atoms with E-state index in [2.05, 4.69) is 0 Å². The normalized spacial score (nSPS) is 20.2. The van der Waals surface area contributed by atoms with E-state index in [0.29, 0.717) is 19.6 Å². The Bertz CT molecular complexity index is 126. The number of ether oxygens (including phenoxy) is 3. The van der Waals surface area contributed by atoms with E-state index in [9.17, 15) is 0 Å². The Balaban J connectivity index is 2.43. The molecule has 0 aromatic carbocycles. The molecular weight excluding hydrogens is 144 g/mol. The quantitative estimate of drug-likeness (QED) is 0.582. The van der Waals surface area contributed by atoms with Gasteiger partial charge in [-0.15, -0.1) is 0 Å². The highest BCUT2D eigenvalue weighted by Gasteiger charge is 2.34. The average Bonchev–Trinajstić information content (AvgIpc) is 2.39. The third-order valence-electron chi connectivity index (χ3n) is 1.44. The molecule has 0 atom stereocenters. The summed E-state index contributed by atoms with van der Waals surface area (Å²) in [4.78, 5) is 0. The van der Waals surface area contributed by atoms with Gasteiger partial charge in [-0.25, -0.2) is 0 Å². The Morgan fingerprint density at radius 1 is 1.36 bits per heavy atom. The molecule has 0 radical (unpaired) electrons. The molecule has 0 unspecified atom stereocenters. The van der Waals surface area contributed by atoms with Crippen LogP contribution in [-0.2, 0) is 14.2 Å². The van der Waals surface area contributed by atoms with Gasteiger partial charge in [-0.05, 0) is 19.9 Å². The molecular formula is C8H14O3. The minimum absolute atomic E-state index is 0.599. The lowest BCUT2D eigenvalue weighted by Gasteiger charge is -2.26. The van der Waals surface area contributed by atoms with Crippen molar-refractivity contribution in [3.63, 3.8) is 0 Å². The summed E-state index contributed by atoms with van der Waals surface area (Å²) in [6.45, 7) is 5.04. The zero-order chi connectivity index (χ0) is 8.16. The molecule has 0 N–H and O–H groups in total. The van der Waals surface area contributed by atoms with Crippen LogP contribution in [-0.4, -0.2) is 19.2 Å². The van der Waals surface area contributed by atoms with Crippen molar-refractivity contribution in [3.8, 4) is 0 Å². The smallest absolute Gasteiger partial charge is 0.330 e. The summed E-state index contributed by atoms with van der Waals surface area (Å²) in [6.07, 6.45) is 4.19. The van der Waals surface area contributed by atoms with E-state index in [4.69, 9.17) is 14.2 Å². The number of hydrogen-bond donors (Lipinski definition) is 0. The van der Waals surface area contributed by atoms with E-state index in [1.165, 1.54) is 0 Å². The molecule has 0 spiro atoms. The van der Waals surface area contributed by atoms with Crippen LogP contribution in [0.15, 0.2) is 12.3 Å². The predicted molar refractivity (Wildman–Crippen MR) is 40.8 cm³/mol. The zero-order valence-corrected chi connectivity index (χ0v) is 7.00. The van der Waals surface area contributed by atoms with Gasteiger partial charge < -0.3 is 14.2 Å². The summed E-state index contributed by atoms with van der Waals surface area (Å²) >= 11 is 0. The first kappa shape index (κ1) is 8.56. The highest BCUT2D eigenvalue weighted by atomic mass is 16.9. The molecule has 3 heteroatoms. The molecule has 0 amide bonds. The summed E-state index contributed by atoms with van der Waals surface area (Å²) in [7, 11) is 0. The minimum Gasteiger partial charge on any atom is -0.447 e. The van der Waals surface area contributed by atoms with Gasteiger partial charge >= 0.3 is 5.97 Å². The van der Waals surface area contributed by atoms with Crippen molar-refractivity contribution in [1.29, 1.82) is 0 Å². The van der Waals surface area contributed by atoms with E-state index < -0.39 is 5.97 Å². The van der Waals surface area contributed by atoms with Gasteiger partial charge in [0.05, 0.1) is 25.9 Å². The Labute approximate surface area is 66.9 Å². The number of rotatable bonds is 4. The summed E-state index contributed by atoms with van der Waals surface area (Å²) in [6, 6.07) is 0. The average molecular weight is 158 g/mol. The highest BCUT2D eigenvalue weighted by Crippen LogP contribution is 2.25. The van der Waals surface area contributed by atoms with E-state index in [0.717, 1.165) is 0 Å². The van der Waals surface area contributed by atoms with Crippen LogP contribution in [0.2, 0.25) is 0 Å². The first-order valence-electron chi connectivity index (χ1n) is 3.93.